The van der Waals surface area contributed by atoms with Gasteiger partial charge in [0.1, 0.15) is 17.4 Å². The van der Waals surface area contributed by atoms with Crippen molar-refractivity contribution in [1.82, 2.24) is 4.98 Å². The second kappa shape index (κ2) is 4.90. The normalized spacial score (nSPS) is 10.1. The van der Waals surface area contributed by atoms with Gasteiger partial charge in [0.05, 0.1) is 5.56 Å². The summed E-state index contributed by atoms with van der Waals surface area (Å²) in [4.78, 5) is 15.4. The standard InChI is InChI=1S/C12H11NO2S/c1-9(14)10-4-2-3-5-11(10)15-8-12-13-6-7-16-12/h2-7H,8H2,1H3. The van der Waals surface area contributed by atoms with E-state index in [1.165, 1.54) is 18.3 Å². The maximum Gasteiger partial charge on any atom is 0.163 e. The molecule has 0 aliphatic carbocycles. The van der Waals surface area contributed by atoms with Gasteiger partial charge in [-0.3, -0.25) is 4.79 Å². The summed E-state index contributed by atoms with van der Waals surface area (Å²) in [6, 6.07) is 7.24. The van der Waals surface area contributed by atoms with Gasteiger partial charge >= 0.3 is 0 Å². The molecule has 0 bridgehead atoms. The molecular weight excluding hydrogens is 222 g/mol. The van der Waals surface area contributed by atoms with Gasteiger partial charge in [0.2, 0.25) is 0 Å². The van der Waals surface area contributed by atoms with E-state index >= 15 is 0 Å². The minimum Gasteiger partial charge on any atom is -0.486 e. The van der Waals surface area contributed by atoms with Crippen LogP contribution in [-0.2, 0) is 6.61 Å². The number of carbonyl (C=O) groups is 1. The molecule has 2 rings (SSSR count). The summed E-state index contributed by atoms with van der Waals surface area (Å²) < 4.78 is 5.57. The lowest BCUT2D eigenvalue weighted by Crippen LogP contribution is -2.00. The van der Waals surface area contributed by atoms with Crippen LogP contribution in [0.25, 0.3) is 0 Å². The Balaban J connectivity index is 2.12. The predicted octanol–water partition coefficient (Wildman–Crippen LogP) is 2.92. The number of nitrogens with zero attached hydrogens (tertiary/aromatic N) is 1. The molecule has 0 saturated heterocycles. The summed E-state index contributed by atoms with van der Waals surface area (Å²) >= 11 is 1.54. The van der Waals surface area contributed by atoms with E-state index < -0.39 is 0 Å². The monoisotopic (exact) mass is 233 g/mol. The molecule has 0 amide bonds. The van der Waals surface area contributed by atoms with Gasteiger partial charge in [-0.25, -0.2) is 4.98 Å². The van der Waals surface area contributed by atoms with E-state index in [0.717, 1.165) is 5.01 Å². The van der Waals surface area contributed by atoms with Crippen LogP contribution in [0, 0.1) is 0 Å². The van der Waals surface area contributed by atoms with Crippen molar-refractivity contribution in [2.45, 2.75) is 13.5 Å². The van der Waals surface area contributed by atoms with Crippen LogP contribution in [0.2, 0.25) is 0 Å². The second-order valence-electron chi connectivity index (χ2n) is 3.27. The van der Waals surface area contributed by atoms with Gasteiger partial charge in [0.25, 0.3) is 0 Å². The summed E-state index contributed by atoms with van der Waals surface area (Å²) in [5.41, 5.74) is 0.610. The zero-order valence-corrected chi connectivity index (χ0v) is 9.66. The molecule has 1 heterocycles. The van der Waals surface area contributed by atoms with Crippen LogP contribution in [0.4, 0.5) is 0 Å². The highest BCUT2D eigenvalue weighted by atomic mass is 32.1. The van der Waals surface area contributed by atoms with E-state index in [-0.39, 0.29) is 5.78 Å². The number of aromatic nitrogens is 1. The van der Waals surface area contributed by atoms with E-state index in [1.54, 1.807) is 18.3 Å². The Bertz CT molecular complexity index is 480. The molecule has 0 atom stereocenters. The maximum atomic E-state index is 11.3. The van der Waals surface area contributed by atoms with Crippen molar-refractivity contribution in [3.05, 3.63) is 46.4 Å². The number of benzene rings is 1. The van der Waals surface area contributed by atoms with Crippen LogP contribution in [0.1, 0.15) is 22.3 Å². The van der Waals surface area contributed by atoms with E-state index in [4.69, 9.17) is 4.74 Å². The first kappa shape index (κ1) is 10.8. The summed E-state index contributed by atoms with van der Waals surface area (Å²) in [5.74, 6) is 0.625. The van der Waals surface area contributed by atoms with Crippen LogP contribution < -0.4 is 4.74 Å². The zero-order chi connectivity index (χ0) is 11.4. The van der Waals surface area contributed by atoms with Crippen LogP contribution in [0.5, 0.6) is 5.75 Å². The highest BCUT2D eigenvalue weighted by molar-refractivity contribution is 7.09. The fraction of sp³-hybridized carbons (Fsp3) is 0.167. The Labute approximate surface area is 97.7 Å². The third-order valence-corrected chi connectivity index (χ3v) is 2.85. The Hall–Kier alpha value is -1.68. The fourth-order valence-corrected chi connectivity index (χ4v) is 1.87. The first-order valence-electron chi connectivity index (χ1n) is 4.88. The number of ether oxygens (including phenoxy) is 1. The number of hydrogen-bond donors (Lipinski definition) is 0. The second-order valence-corrected chi connectivity index (χ2v) is 4.25. The molecule has 16 heavy (non-hydrogen) atoms. The van der Waals surface area contributed by atoms with Gasteiger partial charge in [-0.1, -0.05) is 12.1 Å². The SMILES string of the molecule is CC(=O)c1ccccc1OCc1nccs1. The van der Waals surface area contributed by atoms with Crippen molar-refractivity contribution < 1.29 is 9.53 Å². The third-order valence-electron chi connectivity index (χ3n) is 2.10. The molecule has 0 spiro atoms. The lowest BCUT2D eigenvalue weighted by molar-refractivity contribution is 0.101. The number of para-hydroxylation sites is 1. The Morgan fingerprint density at radius 3 is 2.94 bits per heavy atom. The molecule has 0 radical (unpaired) electrons. The van der Waals surface area contributed by atoms with E-state index in [2.05, 4.69) is 4.98 Å². The first-order valence-corrected chi connectivity index (χ1v) is 5.76. The zero-order valence-electron chi connectivity index (χ0n) is 8.84. The number of carbonyl (C=O) groups excluding carboxylic acids is 1. The van der Waals surface area contributed by atoms with Crippen molar-refractivity contribution in [2.75, 3.05) is 0 Å². The lowest BCUT2D eigenvalue weighted by Gasteiger charge is -2.07. The lowest BCUT2D eigenvalue weighted by atomic mass is 10.1. The number of rotatable bonds is 4. The van der Waals surface area contributed by atoms with Gasteiger partial charge in [-0.2, -0.15) is 0 Å². The minimum absolute atomic E-state index is 0.00902. The van der Waals surface area contributed by atoms with Gasteiger partial charge in [0.15, 0.2) is 5.78 Å². The molecule has 1 aromatic heterocycles. The predicted molar refractivity (Wildman–Crippen MR) is 62.9 cm³/mol. The van der Waals surface area contributed by atoms with Crippen molar-refractivity contribution in [3.8, 4) is 5.75 Å². The molecule has 0 fully saturated rings. The summed E-state index contributed by atoms with van der Waals surface area (Å²) in [7, 11) is 0. The molecule has 0 aliphatic heterocycles. The summed E-state index contributed by atoms with van der Waals surface area (Å²) in [6.45, 7) is 1.94. The first-order chi connectivity index (χ1) is 7.77. The average Bonchev–Trinajstić information content (AvgIpc) is 2.79. The van der Waals surface area contributed by atoms with Gasteiger partial charge < -0.3 is 4.74 Å². The molecule has 0 N–H and O–H groups in total. The summed E-state index contributed by atoms with van der Waals surface area (Å²) in [5, 5.41) is 2.80. The quantitative estimate of drug-likeness (QED) is 0.762. The third kappa shape index (κ3) is 2.46. The number of ketones is 1. The number of hydrogen-bond acceptors (Lipinski definition) is 4. The minimum atomic E-state index is 0.00902. The molecular formula is C12H11NO2S. The molecule has 1 aromatic carbocycles. The van der Waals surface area contributed by atoms with E-state index in [1.807, 2.05) is 17.5 Å². The van der Waals surface area contributed by atoms with E-state index in [9.17, 15) is 4.79 Å². The Kier molecular flexibility index (Phi) is 3.31. The van der Waals surface area contributed by atoms with Crippen molar-refractivity contribution in [1.29, 1.82) is 0 Å². The Morgan fingerprint density at radius 1 is 1.44 bits per heavy atom. The highest BCUT2D eigenvalue weighted by Crippen LogP contribution is 2.20. The van der Waals surface area contributed by atoms with Crippen LogP contribution in [-0.4, -0.2) is 10.8 Å². The van der Waals surface area contributed by atoms with Crippen LogP contribution in [0.15, 0.2) is 35.8 Å². The van der Waals surface area contributed by atoms with Gasteiger partial charge in [-0.05, 0) is 19.1 Å². The molecule has 2 aromatic rings. The molecule has 0 aliphatic rings. The van der Waals surface area contributed by atoms with Crippen molar-refractivity contribution in [2.24, 2.45) is 0 Å². The molecule has 0 unspecified atom stereocenters. The maximum absolute atomic E-state index is 11.3. The fourth-order valence-electron chi connectivity index (χ4n) is 1.35. The molecule has 3 nitrogen and oxygen atoms in total. The van der Waals surface area contributed by atoms with Gasteiger partial charge in [0, 0.05) is 11.6 Å². The number of Topliss-reactive ketones (excluding diaryl/α,β-unsaturated/α-hetero) is 1. The van der Waals surface area contributed by atoms with Crippen LogP contribution in [0.3, 0.4) is 0 Å². The Morgan fingerprint density at radius 2 is 2.25 bits per heavy atom. The summed E-state index contributed by atoms with van der Waals surface area (Å²) in [6.07, 6.45) is 1.74. The molecule has 82 valence electrons. The van der Waals surface area contributed by atoms with Crippen molar-refractivity contribution in [3.63, 3.8) is 0 Å². The number of thiazole rings is 1. The topological polar surface area (TPSA) is 39.2 Å². The average molecular weight is 233 g/mol. The van der Waals surface area contributed by atoms with Gasteiger partial charge in [-0.15, -0.1) is 11.3 Å². The van der Waals surface area contributed by atoms with Crippen LogP contribution >= 0.6 is 11.3 Å². The molecule has 4 heteroatoms. The molecule has 0 saturated carbocycles. The highest BCUT2D eigenvalue weighted by Gasteiger charge is 2.07. The van der Waals surface area contributed by atoms with E-state index in [0.29, 0.717) is 17.9 Å². The largest absolute Gasteiger partial charge is 0.486 e. The smallest absolute Gasteiger partial charge is 0.163 e. The van der Waals surface area contributed by atoms with Crippen molar-refractivity contribution >= 4 is 17.1 Å².